The number of halogens is 1. The minimum Gasteiger partial charge on any atom is -0.320 e. The monoisotopic (exact) mass is 309 g/mol. The highest BCUT2D eigenvalue weighted by atomic mass is 79.9. The van der Waals surface area contributed by atoms with E-state index in [1.807, 2.05) is 0 Å². The van der Waals surface area contributed by atoms with Crippen LogP contribution in [0, 0.1) is 20.8 Å². The largest absolute Gasteiger partial charge is 0.320 e. The van der Waals surface area contributed by atoms with Crippen molar-refractivity contribution in [2.45, 2.75) is 26.8 Å². The summed E-state index contributed by atoms with van der Waals surface area (Å²) in [6.07, 6.45) is 0. The molecule has 2 rings (SSSR count). The molecule has 1 nitrogen and oxygen atoms in total. The average molecular weight is 310 g/mol. The summed E-state index contributed by atoms with van der Waals surface area (Å²) in [4.78, 5) is 2.49. The molecule has 0 aliphatic carbocycles. The molecule has 1 heterocycles. The molecule has 90 valence electrons. The Labute approximate surface area is 115 Å². The molecule has 1 atom stereocenters. The highest BCUT2D eigenvalue weighted by molar-refractivity contribution is 9.10. The second-order valence-electron chi connectivity index (χ2n) is 4.39. The van der Waals surface area contributed by atoms with Crippen LogP contribution < -0.4 is 5.73 Å². The molecule has 2 aromatic rings. The highest BCUT2D eigenvalue weighted by Gasteiger charge is 2.15. The Morgan fingerprint density at radius 1 is 1.18 bits per heavy atom. The van der Waals surface area contributed by atoms with Gasteiger partial charge in [0.1, 0.15) is 0 Å². The average Bonchev–Trinajstić information content (AvgIpc) is 2.62. The van der Waals surface area contributed by atoms with Crippen LogP contribution in [-0.4, -0.2) is 0 Å². The van der Waals surface area contributed by atoms with E-state index in [0.29, 0.717) is 0 Å². The standard InChI is InChI=1S/C14H16BrNS/c1-8-4-5-9(2)11(6-8)14(16)13-7-12(15)10(3)17-13/h4-7,14H,16H2,1-3H3. The van der Waals surface area contributed by atoms with Crippen molar-refractivity contribution in [3.8, 4) is 0 Å². The number of hydrogen-bond donors (Lipinski definition) is 1. The molecule has 0 aliphatic rings. The van der Waals surface area contributed by atoms with Crippen LogP contribution in [0.5, 0.6) is 0 Å². The Morgan fingerprint density at radius 3 is 2.47 bits per heavy atom. The van der Waals surface area contributed by atoms with Crippen LogP contribution in [0.1, 0.15) is 32.5 Å². The summed E-state index contributed by atoms with van der Waals surface area (Å²) in [6.45, 7) is 6.32. The first-order valence-electron chi connectivity index (χ1n) is 5.57. The van der Waals surface area contributed by atoms with Crippen LogP contribution in [0.3, 0.4) is 0 Å². The lowest BCUT2D eigenvalue weighted by atomic mass is 9.98. The van der Waals surface area contributed by atoms with Crippen molar-refractivity contribution in [2.75, 3.05) is 0 Å². The predicted molar refractivity (Wildman–Crippen MR) is 78.7 cm³/mol. The Balaban J connectivity index is 2.42. The maximum atomic E-state index is 6.36. The summed E-state index contributed by atoms with van der Waals surface area (Å²) in [5.74, 6) is 0. The van der Waals surface area contributed by atoms with Crippen molar-refractivity contribution in [3.05, 3.63) is 55.2 Å². The minimum absolute atomic E-state index is 0.0232. The molecule has 0 spiro atoms. The summed E-state index contributed by atoms with van der Waals surface area (Å²) < 4.78 is 1.15. The number of hydrogen-bond acceptors (Lipinski definition) is 2. The fourth-order valence-corrected chi connectivity index (χ4v) is 3.46. The van der Waals surface area contributed by atoms with Gasteiger partial charge in [-0.15, -0.1) is 11.3 Å². The quantitative estimate of drug-likeness (QED) is 0.869. The van der Waals surface area contributed by atoms with Gasteiger partial charge >= 0.3 is 0 Å². The molecule has 2 N–H and O–H groups in total. The molecule has 0 saturated heterocycles. The zero-order chi connectivity index (χ0) is 12.6. The third-order valence-electron chi connectivity index (χ3n) is 2.95. The van der Waals surface area contributed by atoms with Crippen molar-refractivity contribution in [2.24, 2.45) is 5.73 Å². The molecule has 1 aromatic heterocycles. The summed E-state index contributed by atoms with van der Waals surface area (Å²) in [5.41, 5.74) is 10.1. The molecule has 1 aromatic carbocycles. The summed E-state index contributed by atoms with van der Waals surface area (Å²) in [5, 5.41) is 0. The van der Waals surface area contributed by atoms with Gasteiger partial charge in [-0.05, 0) is 53.9 Å². The van der Waals surface area contributed by atoms with Gasteiger partial charge in [0.05, 0.1) is 6.04 Å². The molecular weight excluding hydrogens is 294 g/mol. The van der Waals surface area contributed by atoms with Gasteiger partial charge < -0.3 is 5.73 Å². The van der Waals surface area contributed by atoms with Crippen molar-refractivity contribution >= 4 is 27.3 Å². The number of thiophene rings is 1. The normalized spacial score (nSPS) is 12.8. The van der Waals surface area contributed by atoms with Crippen LogP contribution in [0.15, 0.2) is 28.7 Å². The number of rotatable bonds is 2. The Bertz CT molecular complexity index is 526. The van der Waals surface area contributed by atoms with Gasteiger partial charge in [0.2, 0.25) is 0 Å². The van der Waals surface area contributed by atoms with Gasteiger partial charge in [0, 0.05) is 14.2 Å². The summed E-state index contributed by atoms with van der Waals surface area (Å²) >= 11 is 5.30. The van der Waals surface area contributed by atoms with E-state index in [-0.39, 0.29) is 6.04 Å². The summed E-state index contributed by atoms with van der Waals surface area (Å²) in [7, 11) is 0. The lowest BCUT2D eigenvalue weighted by Gasteiger charge is -2.14. The first-order valence-corrected chi connectivity index (χ1v) is 7.18. The number of nitrogens with two attached hydrogens (primary N) is 1. The molecule has 0 radical (unpaired) electrons. The van der Waals surface area contributed by atoms with Crippen molar-refractivity contribution in [3.63, 3.8) is 0 Å². The van der Waals surface area contributed by atoms with E-state index in [4.69, 9.17) is 5.73 Å². The smallest absolute Gasteiger partial charge is 0.0649 e. The summed E-state index contributed by atoms with van der Waals surface area (Å²) in [6, 6.07) is 8.56. The fraction of sp³-hybridized carbons (Fsp3) is 0.286. The minimum atomic E-state index is -0.0232. The Kier molecular flexibility index (Phi) is 3.71. The molecule has 0 bridgehead atoms. The van der Waals surface area contributed by atoms with Crippen LogP contribution in [0.4, 0.5) is 0 Å². The first kappa shape index (κ1) is 12.8. The van der Waals surface area contributed by atoms with E-state index < -0.39 is 0 Å². The zero-order valence-corrected chi connectivity index (χ0v) is 12.7. The van der Waals surface area contributed by atoms with Gasteiger partial charge in [-0.3, -0.25) is 0 Å². The number of aryl methyl sites for hydroxylation is 3. The fourth-order valence-electron chi connectivity index (χ4n) is 1.88. The first-order chi connectivity index (χ1) is 7.99. The van der Waals surface area contributed by atoms with E-state index in [2.05, 4.69) is 61.0 Å². The third kappa shape index (κ3) is 2.62. The third-order valence-corrected chi connectivity index (χ3v) is 5.17. The van der Waals surface area contributed by atoms with Crippen LogP contribution in [0.2, 0.25) is 0 Å². The van der Waals surface area contributed by atoms with Gasteiger partial charge in [0.15, 0.2) is 0 Å². The molecule has 0 amide bonds. The molecule has 3 heteroatoms. The Hall–Kier alpha value is -0.640. The van der Waals surface area contributed by atoms with E-state index in [1.165, 1.54) is 26.4 Å². The van der Waals surface area contributed by atoms with Crippen molar-refractivity contribution in [1.82, 2.24) is 0 Å². The van der Waals surface area contributed by atoms with E-state index >= 15 is 0 Å². The van der Waals surface area contributed by atoms with Crippen LogP contribution in [0.25, 0.3) is 0 Å². The molecular formula is C14H16BrNS. The SMILES string of the molecule is Cc1ccc(C)c(C(N)c2cc(Br)c(C)s2)c1. The second kappa shape index (κ2) is 4.92. The van der Waals surface area contributed by atoms with Gasteiger partial charge in [0.25, 0.3) is 0 Å². The molecule has 0 saturated carbocycles. The van der Waals surface area contributed by atoms with Crippen molar-refractivity contribution in [1.29, 1.82) is 0 Å². The number of benzene rings is 1. The maximum Gasteiger partial charge on any atom is 0.0649 e. The van der Waals surface area contributed by atoms with E-state index in [9.17, 15) is 0 Å². The lowest BCUT2D eigenvalue weighted by molar-refractivity contribution is 0.880. The zero-order valence-electron chi connectivity index (χ0n) is 10.3. The topological polar surface area (TPSA) is 26.0 Å². The van der Waals surface area contributed by atoms with Crippen molar-refractivity contribution < 1.29 is 0 Å². The lowest BCUT2D eigenvalue weighted by Crippen LogP contribution is -2.11. The molecule has 1 unspecified atom stereocenters. The van der Waals surface area contributed by atoms with Gasteiger partial charge in [-0.1, -0.05) is 23.8 Å². The molecule has 0 fully saturated rings. The second-order valence-corrected chi connectivity index (χ2v) is 6.53. The van der Waals surface area contributed by atoms with Crippen LogP contribution >= 0.6 is 27.3 Å². The highest BCUT2D eigenvalue weighted by Crippen LogP contribution is 2.33. The van der Waals surface area contributed by atoms with Gasteiger partial charge in [-0.2, -0.15) is 0 Å². The van der Waals surface area contributed by atoms with Gasteiger partial charge in [-0.25, -0.2) is 0 Å². The Morgan fingerprint density at radius 2 is 1.88 bits per heavy atom. The predicted octanol–water partition coefficient (Wildman–Crippen LogP) is 4.48. The molecule has 0 aliphatic heterocycles. The van der Waals surface area contributed by atoms with E-state index in [1.54, 1.807) is 11.3 Å². The maximum absolute atomic E-state index is 6.36. The molecule has 17 heavy (non-hydrogen) atoms. The van der Waals surface area contributed by atoms with Crippen LogP contribution in [-0.2, 0) is 0 Å². The van der Waals surface area contributed by atoms with E-state index in [0.717, 1.165) is 4.47 Å².